The second kappa shape index (κ2) is 5.36. The van der Waals surface area contributed by atoms with Gasteiger partial charge in [0.1, 0.15) is 0 Å². The maximum Gasteiger partial charge on any atom is 0.229 e. The van der Waals surface area contributed by atoms with Gasteiger partial charge in [-0.2, -0.15) is 0 Å². The number of hydrogen-bond acceptors (Lipinski definition) is 2. The molecule has 2 rings (SSSR count). The van der Waals surface area contributed by atoms with Crippen LogP contribution in [0.15, 0.2) is 6.07 Å². The predicted octanol–water partition coefficient (Wildman–Crippen LogP) is 4.06. The van der Waals surface area contributed by atoms with Gasteiger partial charge in [0.25, 0.3) is 0 Å². The van der Waals surface area contributed by atoms with Crippen molar-refractivity contribution in [2.45, 2.75) is 60.9 Å². The van der Waals surface area contributed by atoms with E-state index in [1.165, 1.54) is 16.8 Å². The topological polar surface area (TPSA) is 32.3 Å². The molecule has 116 valence electrons. The highest BCUT2D eigenvalue weighted by atomic mass is 16.2. The lowest BCUT2D eigenvalue weighted by Gasteiger charge is -2.29. The quantitative estimate of drug-likeness (QED) is 0.890. The fourth-order valence-corrected chi connectivity index (χ4v) is 2.96. The maximum atomic E-state index is 12.4. The first-order valence-corrected chi connectivity index (χ1v) is 7.84. The summed E-state index contributed by atoms with van der Waals surface area (Å²) >= 11 is 0. The highest BCUT2D eigenvalue weighted by Gasteiger charge is 2.30. The van der Waals surface area contributed by atoms with Crippen LogP contribution < -0.4 is 10.2 Å². The number of carbonyl (C=O) groups excluding carboxylic acids is 1. The minimum atomic E-state index is -0.383. The molecule has 0 bridgehead atoms. The predicted molar refractivity (Wildman–Crippen MR) is 90.2 cm³/mol. The Kier molecular flexibility index (Phi) is 4.05. The van der Waals surface area contributed by atoms with Crippen LogP contribution in [0.5, 0.6) is 0 Å². The summed E-state index contributed by atoms with van der Waals surface area (Å²) in [7, 11) is 0. The fraction of sp³-hybridized carbons (Fsp3) is 0.611. The van der Waals surface area contributed by atoms with Crippen molar-refractivity contribution in [3.8, 4) is 0 Å². The SMILES string of the molecule is Cc1cc(C)c(NC(=O)C(C)(C)C)c2c1CCN2C(C)C. The van der Waals surface area contributed by atoms with Crippen LogP contribution >= 0.6 is 0 Å². The summed E-state index contributed by atoms with van der Waals surface area (Å²) in [5.74, 6) is 0.0762. The lowest BCUT2D eigenvalue weighted by molar-refractivity contribution is -0.123. The number of hydrogen-bond donors (Lipinski definition) is 1. The lowest BCUT2D eigenvalue weighted by atomic mass is 9.94. The third-order valence-corrected chi connectivity index (χ3v) is 4.26. The van der Waals surface area contributed by atoms with Gasteiger partial charge >= 0.3 is 0 Å². The van der Waals surface area contributed by atoms with E-state index in [1.807, 2.05) is 20.8 Å². The third kappa shape index (κ3) is 2.92. The molecule has 1 N–H and O–H groups in total. The van der Waals surface area contributed by atoms with E-state index in [0.717, 1.165) is 24.2 Å². The normalized spacial score (nSPS) is 14.6. The summed E-state index contributed by atoms with van der Waals surface area (Å²) in [5, 5.41) is 3.18. The first-order valence-electron chi connectivity index (χ1n) is 7.84. The van der Waals surface area contributed by atoms with Gasteiger partial charge in [-0.25, -0.2) is 0 Å². The molecule has 3 nitrogen and oxygen atoms in total. The zero-order valence-electron chi connectivity index (χ0n) is 14.4. The number of aryl methyl sites for hydroxylation is 2. The number of nitrogens with one attached hydrogen (secondary N) is 1. The average molecular weight is 288 g/mol. The molecule has 1 aromatic rings. The molecule has 0 unspecified atom stereocenters. The standard InChI is InChI=1S/C18H28N2O/c1-11(2)20-9-8-14-12(3)10-13(4)15(16(14)20)19-17(21)18(5,6)7/h10-11H,8-9H2,1-7H3,(H,19,21). The first-order chi connectivity index (χ1) is 9.62. The van der Waals surface area contributed by atoms with Gasteiger partial charge in [0.05, 0.1) is 11.4 Å². The smallest absolute Gasteiger partial charge is 0.229 e. The molecule has 1 aromatic carbocycles. The number of rotatable bonds is 2. The second-order valence-corrected chi connectivity index (χ2v) is 7.45. The van der Waals surface area contributed by atoms with Crippen molar-refractivity contribution in [3.05, 3.63) is 22.8 Å². The van der Waals surface area contributed by atoms with Crippen LogP contribution in [0, 0.1) is 19.3 Å². The molecule has 0 fully saturated rings. The van der Waals surface area contributed by atoms with Crippen LogP contribution in [-0.4, -0.2) is 18.5 Å². The summed E-state index contributed by atoms with van der Waals surface area (Å²) in [6.45, 7) is 15.6. The van der Waals surface area contributed by atoms with Gasteiger partial charge in [0, 0.05) is 18.0 Å². The molecule has 0 spiro atoms. The van der Waals surface area contributed by atoms with Crippen LogP contribution in [0.4, 0.5) is 11.4 Å². The van der Waals surface area contributed by atoms with Crippen molar-refractivity contribution < 1.29 is 4.79 Å². The molecule has 3 heteroatoms. The number of nitrogens with zero attached hydrogens (tertiary/aromatic N) is 1. The van der Waals surface area contributed by atoms with Crippen molar-refractivity contribution in [2.24, 2.45) is 5.41 Å². The van der Waals surface area contributed by atoms with Gasteiger partial charge in [-0.3, -0.25) is 4.79 Å². The van der Waals surface area contributed by atoms with Gasteiger partial charge < -0.3 is 10.2 Å². The molecule has 1 heterocycles. The second-order valence-electron chi connectivity index (χ2n) is 7.45. The average Bonchev–Trinajstić information content (AvgIpc) is 2.77. The molecule has 21 heavy (non-hydrogen) atoms. The van der Waals surface area contributed by atoms with Crippen molar-refractivity contribution in [1.82, 2.24) is 0 Å². The van der Waals surface area contributed by atoms with Crippen molar-refractivity contribution in [1.29, 1.82) is 0 Å². The van der Waals surface area contributed by atoms with Gasteiger partial charge in [-0.1, -0.05) is 26.8 Å². The number of fused-ring (bicyclic) bond motifs is 1. The Morgan fingerprint density at radius 1 is 1.24 bits per heavy atom. The van der Waals surface area contributed by atoms with Crippen LogP contribution in [-0.2, 0) is 11.2 Å². The number of benzene rings is 1. The largest absolute Gasteiger partial charge is 0.367 e. The van der Waals surface area contributed by atoms with Gasteiger partial charge in [0.2, 0.25) is 5.91 Å². The summed E-state index contributed by atoms with van der Waals surface area (Å²) in [6, 6.07) is 2.64. The van der Waals surface area contributed by atoms with E-state index in [-0.39, 0.29) is 11.3 Å². The Morgan fingerprint density at radius 2 is 1.86 bits per heavy atom. The molecular formula is C18H28N2O. The molecule has 0 saturated carbocycles. The Labute approximate surface area is 128 Å². The monoisotopic (exact) mass is 288 g/mol. The van der Waals surface area contributed by atoms with Crippen LogP contribution in [0.25, 0.3) is 0 Å². The van der Waals surface area contributed by atoms with E-state index in [4.69, 9.17) is 0 Å². The zero-order valence-corrected chi connectivity index (χ0v) is 14.4. The molecule has 1 amide bonds. The van der Waals surface area contributed by atoms with Crippen molar-refractivity contribution in [3.63, 3.8) is 0 Å². The van der Waals surface area contributed by atoms with Gasteiger partial charge in [0.15, 0.2) is 0 Å². The van der Waals surface area contributed by atoms with E-state index < -0.39 is 0 Å². The summed E-state index contributed by atoms with van der Waals surface area (Å²) in [5.41, 5.74) is 5.72. The zero-order chi connectivity index (χ0) is 15.9. The molecule has 1 aliphatic heterocycles. The highest BCUT2D eigenvalue weighted by Crippen LogP contribution is 2.41. The van der Waals surface area contributed by atoms with E-state index in [1.54, 1.807) is 0 Å². The molecule has 0 radical (unpaired) electrons. The van der Waals surface area contributed by atoms with Crippen molar-refractivity contribution >= 4 is 17.3 Å². The van der Waals surface area contributed by atoms with E-state index in [9.17, 15) is 4.79 Å². The summed E-state index contributed by atoms with van der Waals surface area (Å²) < 4.78 is 0. The number of carbonyl (C=O) groups is 1. The molecule has 0 aliphatic carbocycles. The van der Waals surface area contributed by atoms with Crippen LogP contribution in [0.3, 0.4) is 0 Å². The minimum absolute atomic E-state index is 0.0762. The maximum absolute atomic E-state index is 12.4. The van der Waals surface area contributed by atoms with E-state index >= 15 is 0 Å². The molecule has 1 aliphatic rings. The van der Waals surface area contributed by atoms with Crippen LogP contribution in [0.1, 0.15) is 51.3 Å². The Balaban J connectivity index is 2.52. The molecule has 0 saturated heterocycles. The van der Waals surface area contributed by atoms with E-state index in [2.05, 4.69) is 44.0 Å². The molecular weight excluding hydrogens is 260 g/mol. The van der Waals surface area contributed by atoms with E-state index in [0.29, 0.717) is 6.04 Å². The Bertz CT molecular complexity index is 568. The molecule has 0 aromatic heterocycles. The van der Waals surface area contributed by atoms with Gasteiger partial charge in [-0.05, 0) is 50.8 Å². The number of anilines is 2. The highest BCUT2D eigenvalue weighted by molar-refractivity contribution is 5.99. The number of amides is 1. The Hall–Kier alpha value is -1.51. The minimum Gasteiger partial charge on any atom is -0.367 e. The lowest BCUT2D eigenvalue weighted by Crippen LogP contribution is -2.32. The fourth-order valence-electron chi connectivity index (χ4n) is 2.96. The molecule has 0 atom stereocenters. The summed E-state index contributed by atoms with van der Waals surface area (Å²) in [4.78, 5) is 14.8. The summed E-state index contributed by atoms with van der Waals surface area (Å²) in [6.07, 6.45) is 1.07. The van der Waals surface area contributed by atoms with Crippen LogP contribution in [0.2, 0.25) is 0 Å². The third-order valence-electron chi connectivity index (χ3n) is 4.26. The van der Waals surface area contributed by atoms with Crippen molar-refractivity contribution in [2.75, 3.05) is 16.8 Å². The first kappa shape index (κ1) is 15.9. The van der Waals surface area contributed by atoms with Gasteiger partial charge in [-0.15, -0.1) is 0 Å². The Morgan fingerprint density at radius 3 is 2.38 bits per heavy atom.